The Hall–Kier alpha value is -0.930. The molecule has 0 saturated heterocycles. The first-order valence-corrected chi connectivity index (χ1v) is 9.10. The molecule has 0 aliphatic heterocycles. The molecule has 1 unspecified atom stereocenters. The van der Waals surface area contributed by atoms with Gasteiger partial charge in [0, 0.05) is 37.8 Å². The lowest BCUT2D eigenvalue weighted by atomic mass is 10.1. The Morgan fingerprint density at radius 1 is 0.864 bits per heavy atom. The quantitative estimate of drug-likeness (QED) is 0.419. The topological polar surface area (TPSA) is 39.1 Å². The van der Waals surface area contributed by atoms with Gasteiger partial charge in [-0.15, -0.1) is 0 Å². The Balaban J connectivity index is 1.86. The summed E-state index contributed by atoms with van der Waals surface area (Å²) < 4.78 is 7.88. The molecule has 2 N–H and O–H groups in total. The third kappa shape index (κ3) is 10.7. The van der Waals surface area contributed by atoms with Crippen LogP contribution in [0.15, 0.2) is 30.6 Å². The summed E-state index contributed by atoms with van der Waals surface area (Å²) in [6.45, 7) is 5.14. The van der Waals surface area contributed by atoms with E-state index in [2.05, 4.69) is 36.0 Å². The van der Waals surface area contributed by atoms with Crippen LogP contribution in [0.25, 0.3) is 0 Å². The first kappa shape index (κ1) is 19.1. The van der Waals surface area contributed by atoms with Crippen molar-refractivity contribution in [3.05, 3.63) is 30.6 Å². The van der Waals surface area contributed by atoms with Crippen molar-refractivity contribution in [1.82, 2.24) is 0 Å². The fourth-order valence-corrected chi connectivity index (χ4v) is 2.61. The van der Waals surface area contributed by atoms with E-state index in [9.17, 15) is 0 Å². The van der Waals surface area contributed by atoms with E-state index in [0.717, 1.165) is 45.4 Å². The molecule has 0 bridgehead atoms. The number of aryl methyl sites for hydroxylation is 1. The molecule has 0 amide bonds. The molecule has 0 aliphatic carbocycles. The molecule has 1 atom stereocenters. The summed E-state index contributed by atoms with van der Waals surface area (Å²) >= 11 is 0. The number of nitrogens with zero attached hydrogens (tertiary/aromatic N) is 1. The van der Waals surface area contributed by atoms with Gasteiger partial charge in [-0.05, 0) is 32.1 Å². The van der Waals surface area contributed by atoms with Gasteiger partial charge in [0.2, 0.25) is 0 Å². The van der Waals surface area contributed by atoms with Crippen LogP contribution in [0.2, 0.25) is 0 Å². The highest BCUT2D eigenvalue weighted by molar-refractivity contribution is 4.83. The molecule has 0 aromatic carbocycles. The molecular weight excluding hydrogens is 272 g/mol. The van der Waals surface area contributed by atoms with E-state index in [1.54, 1.807) is 0 Å². The van der Waals surface area contributed by atoms with Crippen molar-refractivity contribution >= 4 is 0 Å². The molecule has 1 aromatic heterocycles. The summed E-state index contributed by atoms with van der Waals surface area (Å²) in [5.41, 5.74) is 6.18. The van der Waals surface area contributed by atoms with Crippen molar-refractivity contribution < 1.29 is 9.30 Å². The summed E-state index contributed by atoms with van der Waals surface area (Å²) in [5, 5.41) is 0. The van der Waals surface area contributed by atoms with Gasteiger partial charge in [-0.2, -0.15) is 0 Å². The largest absolute Gasteiger partial charge is 0.381 e. The van der Waals surface area contributed by atoms with Gasteiger partial charge in [0.05, 0.1) is 0 Å². The second-order valence-corrected chi connectivity index (χ2v) is 6.18. The van der Waals surface area contributed by atoms with Gasteiger partial charge < -0.3 is 10.5 Å². The van der Waals surface area contributed by atoms with Crippen molar-refractivity contribution in [2.75, 3.05) is 13.2 Å². The molecule has 0 fully saturated rings. The van der Waals surface area contributed by atoms with Crippen LogP contribution in [-0.4, -0.2) is 19.3 Å². The predicted molar refractivity (Wildman–Crippen MR) is 92.7 cm³/mol. The lowest BCUT2D eigenvalue weighted by molar-refractivity contribution is -0.697. The molecular formula is C19H35N2O+. The zero-order chi connectivity index (χ0) is 15.9. The first-order valence-electron chi connectivity index (χ1n) is 9.10. The van der Waals surface area contributed by atoms with Crippen LogP contribution < -0.4 is 10.3 Å². The smallest absolute Gasteiger partial charge is 0.168 e. The van der Waals surface area contributed by atoms with Gasteiger partial charge in [-0.3, -0.25) is 0 Å². The van der Waals surface area contributed by atoms with Crippen LogP contribution in [0.1, 0.15) is 64.7 Å². The molecule has 3 heteroatoms. The Labute approximate surface area is 136 Å². The zero-order valence-electron chi connectivity index (χ0n) is 14.4. The highest BCUT2D eigenvalue weighted by Crippen LogP contribution is 2.06. The van der Waals surface area contributed by atoms with E-state index < -0.39 is 0 Å². The molecule has 126 valence electrons. The van der Waals surface area contributed by atoms with Gasteiger partial charge in [-0.25, -0.2) is 4.57 Å². The van der Waals surface area contributed by atoms with Gasteiger partial charge in [-0.1, -0.05) is 32.3 Å². The molecule has 22 heavy (non-hydrogen) atoms. The molecule has 0 spiro atoms. The van der Waals surface area contributed by atoms with E-state index in [0.29, 0.717) is 6.04 Å². The van der Waals surface area contributed by atoms with Crippen molar-refractivity contribution in [3.8, 4) is 0 Å². The van der Waals surface area contributed by atoms with Crippen LogP contribution in [0.4, 0.5) is 0 Å². The van der Waals surface area contributed by atoms with Crippen LogP contribution in [-0.2, 0) is 11.3 Å². The van der Waals surface area contributed by atoms with Crippen molar-refractivity contribution in [2.45, 2.75) is 77.3 Å². The highest BCUT2D eigenvalue weighted by Gasteiger charge is 2.05. The second-order valence-electron chi connectivity index (χ2n) is 6.18. The summed E-state index contributed by atoms with van der Waals surface area (Å²) in [7, 11) is 0. The SMILES string of the molecule is CCCCCCOCCCCC(N)CCC[n+]1ccccc1. The van der Waals surface area contributed by atoms with E-state index in [1.807, 2.05) is 6.07 Å². The molecule has 0 radical (unpaired) electrons. The maximum Gasteiger partial charge on any atom is 0.168 e. The fourth-order valence-electron chi connectivity index (χ4n) is 2.61. The Morgan fingerprint density at radius 2 is 1.55 bits per heavy atom. The zero-order valence-corrected chi connectivity index (χ0v) is 14.4. The van der Waals surface area contributed by atoms with Crippen molar-refractivity contribution in [2.24, 2.45) is 5.73 Å². The number of rotatable bonds is 14. The van der Waals surface area contributed by atoms with Crippen molar-refractivity contribution in [3.63, 3.8) is 0 Å². The first-order chi connectivity index (χ1) is 10.8. The summed E-state index contributed by atoms with van der Waals surface area (Å²) in [6, 6.07) is 6.53. The summed E-state index contributed by atoms with van der Waals surface area (Å²) in [5.74, 6) is 0. The van der Waals surface area contributed by atoms with E-state index in [-0.39, 0.29) is 0 Å². The monoisotopic (exact) mass is 307 g/mol. The minimum Gasteiger partial charge on any atom is -0.381 e. The number of hydrogen-bond donors (Lipinski definition) is 1. The lowest BCUT2D eigenvalue weighted by Gasteiger charge is -2.10. The number of pyridine rings is 1. The van der Waals surface area contributed by atoms with Crippen LogP contribution in [0.3, 0.4) is 0 Å². The number of nitrogens with two attached hydrogens (primary N) is 1. The van der Waals surface area contributed by atoms with E-state index in [1.165, 1.54) is 32.1 Å². The highest BCUT2D eigenvalue weighted by atomic mass is 16.5. The minimum absolute atomic E-state index is 0.342. The number of hydrogen-bond acceptors (Lipinski definition) is 2. The van der Waals surface area contributed by atoms with Gasteiger partial charge in [0.25, 0.3) is 0 Å². The van der Waals surface area contributed by atoms with Crippen LogP contribution >= 0.6 is 0 Å². The Kier molecular flexibility index (Phi) is 11.9. The maximum absolute atomic E-state index is 6.18. The molecule has 1 heterocycles. The maximum atomic E-state index is 6.18. The second kappa shape index (κ2) is 13.7. The van der Waals surface area contributed by atoms with Crippen LogP contribution in [0, 0.1) is 0 Å². The van der Waals surface area contributed by atoms with E-state index in [4.69, 9.17) is 10.5 Å². The Bertz CT molecular complexity index is 343. The average Bonchev–Trinajstić information content (AvgIpc) is 2.54. The number of unbranched alkanes of at least 4 members (excludes halogenated alkanes) is 4. The standard InChI is InChI=1S/C19H35N2O/c1-2-3-4-9-17-22-18-10-6-12-19(20)13-11-16-21-14-7-5-8-15-21/h5,7-8,14-15,19H,2-4,6,9-13,16-18,20H2,1H3/q+1. The molecule has 3 nitrogen and oxygen atoms in total. The van der Waals surface area contributed by atoms with E-state index >= 15 is 0 Å². The minimum atomic E-state index is 0.342. The molecule has 0 saturated carbocycles. The summed E-state index contributed by atoms with van der Waals surface area (Å²) in [6.07, 6.45) is 15.1. The van der Waals surface area contributed by atoms with Gasteiger partial charge >= 0.3 is 0 Å². The normalized spacial score (nSPS) is 12.5. The lowest BCUT2D eigenvalue weighted by Crippen LogP contribution is -2.33. The number of ether oxygens (including phenoxy) is 1. The summed E-state index contributed by atoms with van der Waals surface area (Å²) in [4.78, 5) is 0. The average molecular weight is 308 g/mol. The molecule has 0 aliphatic rings. The van der Waals surface area contributed by atoms with Gasteiger partial charge in [0.1, 0.15) is 6.54 Å². The predicted octanol–water partition coefficient (Wildman–Crippen LogP) is 3.85. The molecule has 1 aromatic rings. The fraction of sp³-hybridized carbons (Fsp3) is 0.737. The third-order valence-electron chi connectivity index (χ3n) is 4.02. The Morgan fingerprint density at radius 3 is 2.27 bits per heavy atom. The van der Waals surface area contributed by atoms with Crippen LogP contribution in [0.5, 0.6) is 0 Å². The van der Waals surface area contributed by atoms with Crippen molar-refractivity contribution in [1.29, 1.82) is 0 Å². The molecule has 1 rings (SSSR count). The third-order valence-corrected chi connectivity index (χ3v) is 4.02. The van der Waals surface area contributed by atoms with Gasteiger partial charge in [0.15, 0.2) is 12.4 Å². The number of aromatic nitrogens is 1.